The highest BCUT2D eigenvalue weighted by Crippen LogP contribution is 2.32. The third kappa shape index (κ3) is 3.02. The largest absolute Gasteiger partial charge is 0.496 e. The Balaban J connectivity index is 2.19. The van der Waals surface area contributed by atoms with Gasteiger partial charge in [-0.15, -0.1) is 0 Å². The first-order valence-corrected chi connectivity index (χ1v) is 8.03. The van der Waals surface area contributed by atoms with E-state index in [1.54, 1.807) is 13.2 Å². The second-order valence-electron chi connectivity index (χ2n) is 5.05. The Morgan fingerprint density at radius 1 is 1.22 bits per heavy atom. The molecule has 0 amide bonds. The number of ether oxygens (including phenoxy) is 1. The Hall–Kier alpha value is -2.11. The number of nitrogens with one attached hydrogen (secondary N) is 1. The third-order valence-corrected chi connectivity index (χ3v) is 4.19. The van der Waals surface area contributed by atoms with E-state index in [-0.39, 0.29) is 0 Å². The van der Waals surface area contributed by atoms with Crippen LogP contribution < -0.4 is 4.74 Å². The van der Waals surface area contributed by atoms with Crippen molar-refractivity contribution in [3.8, 4) is 22.8 Å². The van der Waals surface area contributed by atoms with Crippen LogP contribution in [0.4, 0.5) is 0 Å². The minimum Gasteiger partial charge on any atom is -0.496 e. The molecule has 0 saturated carbocycles. The van der Waals surface area contributed by atoms with Gasteiger partial charge in [0, 0.05) is 10.7 Å². The number of nitrogens with zero attached hydrogens (tertiary/aromatic N) is 2. The highest BCUT2D eigenvalue weighted by Gasteiger charge is 2.15. The lowest BCUT2D eigenvalue weighted by Gasteiger charge is -2.11. The molecule has 6 heteroatoms. The molecule has 4 nitrogen and oxygen atoms in total. The van der Waals surface area contributed by atoms with Crippen molar-refractivity contribution in [3.05, 3.63) is 57.8 Å². The van der Waals surface area contributed by atoms with Gasteiger partial charge in [-0.25, -0.2) is 0 Å². The van der Waals surface area contributed by atoms with Gasteiger partial charge in [0.1, 0.15) is 5.75 Å². The molecule has 0 spiro atoms. The molecule has 3 aromatic rings. The summed E-state index contributed by atoms with van der Waals surface area (Å²) in [5.41, 5.74) is 3.00. The number of hydrogen-bond donors (Lipinski definition) is 1. The maximum absolute atomic E-state index is 6.14. The molecule has 3 rings (SSSR count). The fourth-order valence-electron chi connectivity index (χ4n) is 2.45. The maximum Gasteiger partial charge on any atom is 0.200 e. The van der Waals surface area contributed by atoms with E-state index >= 15 is 0 Å². The fraction of sp³-hybridized carbons (Fsp3) is 0.176. The van der Waals surface area contributed by atoms with Gasteiger partial charge in [0.25, 0.3) is 0 Å². The molecule has 0 unspecified atom stereocenters. The predicted octanol–water partition coefficient (Wildman–Crippen LogP) is 4.82. The van der Waals surface area contributed by atoms with Gasteiger partial charge in [0.05, 0.1) is 12.7 Å². The smallest absolute Gasteiger partial charge is 0.200 e. The number of aromatic nitrogens is 3. The lowest BCUT2D eigenvalue weighted by Crippen LogP contribution is -1.99. The zero-order chi connectivity index (χ0) is 16.4. The molecule has 0 fully saturated rings. The minimum absolute atomic E-state index is 0.520. The number of aromatic amines is 1. The summed E-state index contributed by atoms with van der Waals surface area (Å²) in [6.07, 6.45) is 0.992. The van der Waals surface area contributed by atoms with Crippen LogP contribution in [0.15, 0.2) is 42.5 Å². The summed E-state index contributed by atoms with van der Waals surface area (Å²) in [7, 11) is 1.62. The molecule has 118 valence electrons. The van der Waals surface area contributed by atoms with Crippen molar-refractivity contribution in [1.29, 1.82) is 0 Å². The van der Waals surface area contributed by atoms with Crippen molar-refractivity contribution in [1.82, 2.24) is 14.8 Å². The number of halogens is 1. The average molecular weight is 346 g/mol. The van der Waals surface area contributed by atoms with Gasteiger partial charge in [-0.05, 0) is 54.5 Å². The lowest BCUT2D eigenvalue weighted by molar-refractivity contribution is 0.416. The lowest BCUT2D eigenvalue weighted by atomic mass is 10.1. The molecule has 0 radical (unpaired) electrons. The van der Waals surface area contributed by atoms with Gasteiger partial charge < -0.3 is 4.74 Å². The van der Waals surface area contributed by atoms with Crippen LogP contribution in [0, 0.1) is 4.77 Å². The number of hydrogen-bond acceptors (Lipinski definition) is 3. The first-order valence-electron chi connectivity index (χ1n) is 7.24. The van der Waals surface area contributed by atoms with E-state index in [0.29, 0.717) is 21.4 Å². The third-order valence-electron chi connectivity index (χ3n) is 3.68. The van der Waals surface area contributed by atoms with Crippen molar-refractivity contribution >= 4 is 23.8 Å². The SMILES string of the molecule is CCc1ccc(-n2c(-c3cc(Cl)ccc3OC)n[nH]c2=S)cc1. The van der Waals surface area contributed by atoms with Crippen LogP contribution in [0.25, 0.3) is 17.1 Å². The van der Waals surface area contributed by atoms with Crippen molar-refractivity contribution in [2.45, 2.75) is 13.3 Å². The normalized spacial score (nSPS) is 10.7. The van der Waals surface area contributed by atoms with Gasteiger partial charge in [-0.1, -0.05) is 30.7 Å². The Morgan fingerprint density at radius 3 is 2.61 bits per heavy atom. The Bertz CT molecular complexity index is 884. The molecule has 0 aliphatic rings. The molecule has 0 saturated heterocycles. The van der Waals surface area contributed by atoms with E-state index in [0.717, 1.165) is 17.7 Å². The highest BCUT2D eigenvalue weighted by molar-refractivity contribution is 7.71. The first kappa shape index (κ1) is 15.8. The summed E-state index contributed by atoms with van der Waals surface area (Å²) in [4.78, 5) is 0. The Labute approximate surface area is 144 Å². The molecular weight excluding hydrogens is 330 g/mol. The van der Waals surface area contributed by atoms with Crippen LogP contribution in [0.1, 0.15) is 12.5 Å². The summed E-state index contributed by atoms with van der Waals surface area (Å²) in [5, 5.41) is 7.83. The molecule has 23 heavy (non-hydrogen) atoms. The van der Waals surface area contributed by atoms with E-state index in [4.69, 9.17) is 28.6 Å². The van der Waals surface area contributed by atoms with E-state index in [9.17, 15) is 0 Å². The summed E-state index contributed by atoms with van der Waals surface area (Å²) in [6, 6.07) is 13.7. The zero-order valence-corrected chi connectivity index (χ0v) is 14.4. The van der Waals surface area contributed by atoms with Crippen molar-refractivity contribution in [3.63, 3.8) is 0 Å². The van der Waals surface area contributed by atoms with E-state index in [2.05, 4.69) is 29.3 Å². The fourth-order valence-corrected chi connectivity index (χ4v) is 2.86. The predicted molar refractivity (Wildman–Crippen MR) is 95.1 cm³/mol. The van der Waals surface area contributed by atoms with E-state index in [1.165, 1.54) is 5.56 Å². The first-order chi connectivity index (χ1) is 11.1. The number of H-pyrrole nitrogens is 1. The minimum atomic E-state index is 0.520. The molecular formula is C17H16ClN3OS. The quantitative estimate of drug-likeness (QED) is 0.689. The molecule has 2 aromatic carbocycles. The molecule has 0 aliphatic carbocycles. The van der Waals surface area contributed by atoms with Crippen LogP contribution >= 0.6 is 23.8 Å². The Morgan fingerprint density at radius 2 is 1.96 bits per heavy atom. The number of rotatable bonds is 4. The van der Waals surface area contributed by atoms with Crippen LogP contribution in [-0.4, -0.2) is 21.9 Å². The van der Waals surface area contributed by atoms with Crippen molar-refractivity contribution in [2.24, 2.45) is 0 Å². The highest BCUT2D eigenvalue weighted by atomic mass is 35.5. The Kier molecular flexibility index (Phi) is 4.50. The molecule has 1 N–H and O–H groups in total. The van der Waals surface area contributed by atoms with Crippen molar-refractivity contribution < 1.29 is 4.74 Å². The van der Waals surface area contributed by atoms with Crippen LogP contribution in [0.2, 0.25) is 5.02 Å². The summed E-state index contributed by atoms with van der Waals surface area (Å²) < 4.78 is 7.83. The standard InChI is InChI=1S/C17H16ClN3OS/c1-3-11-4-7-13(8-5-11)21-16(19-20-17(21)23)14-10-12(18)6-9-15(14)22-2/h4-10H,3H2,1-2H3,(H,20,23). The summed E-state index contributed by atoms with van der Waals surface area (Å²) in [6.45, 7) is 2.13. The number of aryl methyl sites for hydroxylation is 1. The monoisotopic (exact) mass is 345 g/mol. The second-order valence-corrected chi connectivity index (χ2v) is 5.88. The molecule has 0 bridgehead atoms. The average Bonchev–Trinajstić information content (AvgIpc) is 2.96. The van der Waals surface area contributed by atoms with E-state index < -0.39 is 0 Å². The molecule has 0 atom stereocenters. The second kappa shape index (κ2) is 6.56. The van der Waals surface area contributed by atoms with Gasteiger partial charge >= 0.3 is 0 Å². The van der Waals surface area contributed by atoms with Gasteiger partial charge in [0.15, 0.2) is 10.6 Å². The maximum atomic E-state index is 6.14. The number of methoxy groups -OCH3 is 1. The molecule has 1 heterocycles. The van der Waals surface area contributed by atoms with Crippen LogP contribution in [0.3, 0.4) is 0 Å². The molecule has 0 aliphatic heterocycles. The van der Waals surface area contributed by atoms with Crippen LogP contribution in [0.5, 0.6) is 5.75 Å². The summed E-state index contributed by atoms with van der Waals surface area (Å²) >= 11 is 11.5. The van der Waals surface area contributed by atoms with Crippen LogP contribution in [-0.2, 0) is 6.42 Å². The van der Waals surface area contributed by atoms with Gasteiger partial charge in [-0.2, -0.15) is 5.10 Å². The zero-order valence-electron chi connectivity index (χ0n) is 12.8. The topological polar surface area (TPSA) is 42.8 Å². The van der Waals surface area contributed by atoms with E-state index in [1.807, 2.05) is 28.8 Å². The number of benzene rings is 2. The van der Waals surface area contributed by atoms with Gasteiger partial charge in [-0.3, -0.25) is 9.67 Å². The van der Waals surface area contributed by atoms with Gasteiger partial charge in [0.2, 0.25) is 0 Å². The van der Waals surface area contributed by atoms with Crippen molar-refractivity contribution in [2.75, 3.05) is 7.11 Å². The molecule has 1 aromatic heterocycles. The summed E-state index contributed by atoms with van der Waals surface area (Å²) in [5.74, 6) is 1.36.